The third-order valence-corrected chi connectivity index (χ3v) is 4.07. The molecule has 0 radical (unpaired) electrons. The zero-order chi connectivity index (χ0) is 7.90. The SMILES string of the molecule is CC1(C2CC2)NC(C#N)CS1. The molecule has 1 N–H and O–H groups in total. The van der Waals surface area contributed by atoms with E-state index in [0.717, 1.165) is 11.7 Å². The Kier molecular flexibility index (Phi) is 1.62. The molecule has 1 heterocycles. The van der Waals surface area contributed by atoms with E-state index in [-0.39, 0.29) is 10.9 Å². The summed E-state index contributed by atoms with van der Waals surface area (Å²) in [6.45, 7) is 2.23. The van der Waals surface area contributed by atoms with Crippen LogP contribution in [0.15, 0.2) is 0 Å². The van der Waals surface area contributed by atoms with Crippen LogP contribution in [0.25, 0.3) is 0 Å². The largest absolute Gasteiger partial charge is 0.287 e. The number of nitrogens with zero attached hydrogens (tertiary/aromatic N) is 1. The van der Waals surface area contributed by atoms with E-state index in [1.165, 1.54) is 12.8 Å². The van der Waals surface area contributed by atoms with Gasteiger partial charge in [0.25, 0.3) is 0 Å². The molecule has 0 aromatic carbocycles. The van der Waals surface area contributed by atoms with Crippen molar-refractivity contribution in [3.63, 3.8) is 0 Å². The van der Waals surface area contributed by atoms with Crippen molar-refractivity contribution in [1.29, 1.82) is 5.26 Å². The highest BCUT2D eigenvalue weighted by Crippen LogP contribution is 2.48. The zero-order valence-electron chi connectivity index (χ0n) is 6.63. The number of hydrogen-bond donors (Lipinski definition) is 1. The van der Waals surface area contributed by atoms with Gasteiger partial charge in [-0.2, -0.15) is 5.26 Å². The van der Waals surface area contributed by atoms with Gasteiger partial charge in [0.05, 0.1) is 10.9 Å². The number of thioether (sulfide) groups is 1. The van der Waals surface area contributed by atoms with E-state index in [2.05, 4.69) is 18.3 Å². The minimum absolute atomic E-state index is 0.0885. The van der Waals surface area contributed by atoms with Crippen LogP contribution in [0.3, 0.4) is 0 Å². The van der Waals surface area contributed by atoms with Gasteiger partial charge in [0.15, 0.2) is 0 Å². The molecule has 0 aromatic rings. The number of nitriles is 1. The van der Waals surface area contributed by atoms with Crippen molar-refractivity contribution in [2.75, 3.05) is 5.75 Å². The summed E-state index contributed by atoms with van der Waals surface area (Å²) < 4.78 is 0. The molecule has 2 atom stereocenters. The molecular weight excluding hydrogens is 156 g/mol. The molecule has 1 saturated carbocycles. The van der Waals surface area contributed by atoms with Gasteiger partial charge >= 0.3 is 0 Å². The third kappa shape index (κ3) is 1.25. The Morgan fingerprint density at radius 3 is 2.82 bits per heavy atom. The zero-order valence-corrected chi connectivity index (χ0v) is 7.45. The van der Waals surface area contributed by atoms with E-state index in [0.29, 0.717) is 0 Å². The molecule has 2 aliphatic rings. The second-order valence-corrected chi connectivity index (χ2v) is 4.99. The summed E-state index contributed by atoms with van der Waals surface area (Å²) in [4.78, 5) is 0.223. The molecule has 1 aliphatic carbocycles. The lowest BCUT2D eigenvalue weighted by Crippen LogP contribution is -2.40. The van der Waals surface area contributed by atoms with Crippen molar-refractivity contribution in [2.24, 2.45) is 5.92 Å². The van der Waals surface area contributed by atoms with Crippen molar-refractivity contribution in [2.45, 2.75) is 30.7 Å². The van der Waals surface area contributed by atoms with Gasteiger partial charge in [0, 0.05) is 5.75 Å². The van der Waals surface area contributed by atoms with Crippen molar-refractivity contribution in [1.82, 2.24) is 5.32 Å². The van der Waals surface area contributed by atoms with Crippen LogP contribution in [-0.2, 0) is 0 Å². The van der Waals surface area contributed by atoms with Crippen LogP contribution >= 0.6 is 11.8 Å². The van der Waals surface area contributed by atoms with Crippen molar-refractivity contribution in [3.8, 4) is 6.07 Å². The quantitative estimate of drug-likeness (QED) is 0.642. The Morgan fingerprint density at radius 2 is 2.36 bits per heavy atom. The van der Waals surface area contributed by atoms with Gasteiger partial charge in [0.1, 0.15) is 6.04 Å². The lowest BCUT2D eigenvalue weighted by atomic mass is 10.2. The maximum Gasteiger partial charge on any atom is 0.106 e. The minimum atomic E-state index is 0.0885. The minimum Gasteiger partial charge on any atom is -0.287 e. The maximum atomic E-state index is 8.67. The van der Waals surface area contributed by atoms with E-state index in [4.69, 9.17) is 5.26 Å². The Labute approximate surface area is 71.3 Å². The first-order valence-corrected chi connectivity index (χ1v) is 5.04. The molecule has 60 valence electrons. The highest BCUT2D eigenvalue weighted by Gasteiger charge is 2.46. The van der Waals surface area contributed by atoms with Gasteiger partial charge < -0.3 is 0 Å². The molecule has 0 spiro atoms. The second kappa shape index (κ2) is 2.40. The van der Waals surface area contributed by atoms with Crippen LogP contribution < -0.4 is 5.32 Å². The molecule has 3 heteroatoms. The maximum absolute atomic E-state index is 8.67. The average Bonchev–Trinajstić information content (AvgIpc) is 2.77. The Hall–Kier alpha value is -0.200. The Morgan fingerprint density at radius 1 is 1.64 bits per heavy atom. The fraction of sp³-hybridized carbons (Fsp3) is 0.875. The summed E-state index contributed by atoms with van der Waals surface area (Å²) in [6.07, 6.45) is 2.68. The van der Waals surface area contributed by atoms with Crippen LogP contribution in [-0.4, -0.2) is 16.7 Å². The summed E-state index contributed by atoms with van der Waals surface area (Å²) in [5.41, 5.74) is 0. The predicted octanol–water partition coefficient (Wildman–Crippen LogP) is 1.34. The molecule has 2 fully saturated rings. The first-order valence-electron chi connectivity index (χ1n) is 4.06. The van der Waals surface area contributed by atoms with Crippen LogP contribution in [0.4, 0.5) is 0 Å². The van der Waals surface area contributed by atoms with Crippen LogP contribution in [0.2, 0.25) is 0 Å². The molecule has 0 aromatic heterocycles. The molecule has 0 amide bonds. The summed E-state index contributed by atoms with van der Waals surface area (Å²) >= 11 is 1.91. The van der Waals surface area contributed by atoms with Gasteiger partial charge in [-0.05, 0) is 25.7 Å². The first kappa shape index (κ1) is 7.45. The second-order valence-electron chi connectivity index (χ2n) is 3.52. The lowest BCUT2D eigenvalue weighted by molar-refractivity contribution is 0.459. The van der Waals surface area contributed by atoms with Crippen molar-refractivity contribution >= 4 is 11.8 Å². The van der Waals surface area contributed by atoms with Gasteiger partial charge in [-0.3, -0.25) is 5.32 Å². The summed E-state index contributed by atoms with van der Waals surface area (Å²) in [5.74, 6) is 1.79. The highest BCUT2D eigenvalue weighted by molar-refractivity contribution is 8.00. The van der Waals surface area contributed by atoms with Gasteiger partial charge in [-0.25, -0.2) is 0 Å². The topological polar surface area (TPSA) is 35.8 Å². The normalized spacial score (nSPS) is 43.8. The monoisotopic (exact) mass is 168 g/mol. The number of hydrogen-bond acceptors (Lipinski definition) is 3. The Bertz CT molecular complexity index is 207. The average molecular weight is 168 g/mol. The van der Waals surface area contributed by atoms with E-state index < -0.39 is 0 Å². The standard InChI is InChI=1S/C8H12N2S/c1-8(6-2-3-6)10-7(4-9)5-11-8/h6-7,10H,2-3,5H2,1H3. The summed E-state index contributed by atoms with van der Waals surface area (Å²) in [6, 6.07) is 2.36. The van der Waals surface area contributed by atoms with Crippen LogP contribution in [0, 0.1) is 17.2 Å². The lowest BCUT2D eigenvalue weighted by Gasteiger charge is -2.22. The van der Waals surface area contributed by atoms with Gasteiger partial charge in [0.2, 0.25) is 0 Å². The van der Waals surface area contributed by atoms with Gasteiger partial charge in [-0.1, -0.05) is 0 Å². The summed E-state index contributed by atoms with van der Waals surface area (Å²) in [7, 11) is 0. The van der Waals surface area contributed by atoms with E-state index in [1.54, 1.807) is 0 Å². The third-order valence-electron chi connectivity index (χ3n) is 2.52. The first-order chi connectivity index (χ1) is 5.24. The molecule has 2 nitrogen and oxygen atoms in total. The van der Waals surface area contributed by atoms with E-state index in [9.17, 15) is 0 Å². The smallest absolute Gasteiger partial charge is 0.106 e. The highest BCUT2D eigenvalue weighted by atomic mass is 32.2. The van der Waals surface area contributed by atoms with E-state index in [1.807, 2.05) is 11.8 Å². The number of nitrogens with one attached hydrogen (secondary N) is 1. The molecule has 2 unspecified atom stereocenters. The molecule has 1 saturated heterocycles. The van der Waals surface area contributed by atoms with Crippen LogP contribution in [0.1, 0.15) is 19.8 Å². The fourth-order valence-corrected chi connectivity index (χ4v) is 2.99. The molecule has 11 heavy (non-hydrogen) atoms. The molecule has 1 aliphatic heterocycles. The fourth-order valence-electron chi connectivity index (χ4n) is 1.63. The molecule has 2 rings (SSSR count). The number of rotatable bonds is 1. The van der Waals surface area contributed by atoms with Gasteiger partial charge in [-0.15, -0.1) is 11.8 Å². The van der Waals surface area contributed by atoms with Crippen LogP contribution in [0.5, 0.6) is 0 Å². The molecule has 0 bridgehead atoms. The summed E-state index contributed by atoms with van der Waals surface area (Å²) in [5, 5.41) is 12.1. The van der Waals surface area contributed by atoms with E-state index >= 15 is 0 Å². The molecular formula is C8H12N2S. The Balaban J connectivity index is 2.02. The predicted molar refractivity (Wildman–Crippen MR) is 46.1 cm³/mol. The van der Waals surface area contributed by atoms with Crippen molar-refractivity contribution in [3.05, 3.63) is 0 Å². The van der Waals surface area contributed by atoms with Crippen molar-refractivity contribution < 1.29 is 0 Å².